The third-order valence-corrected chi connectivity index (χ3v) is 3.89. The SMILES string of the molecule is O=C(O)c1ccc(C#Cc2ccc(OCc3ccccc3)cc2)cc1OCO. The first-order valence-corrected chi connectivity index (χ1v) is 8.55. The van der Waals surface area contributed by atoms with Gasteiger partial charge in [0.15, 0.2) is 6.79 Å². The van der Waals surface area contributed by atoms with Gasteiger partial charge in [0.2, 0.25) is 0 Å². The molecule has 0 bridgehead atoms. The summed E-state index contributed by atoms with van der Waals surface area (Å²) in [5.74, 6) is 5.66. The molecule has 0 aromatic heterocycles. The highest BCUT2D eigenvalue weighted by atomic mass is 16.6. The number of aliphatic hydroxyl groups is 1. The molecule has 28 heavy (non-hydrogen) atoms. The van der Waals surface area contributed by atoms with E-state index in [2.05, 4.69) is 11.8 Å². The second kappa shape index (κ2) is 9.26. The maximum absolute atomic E-state index is 11.2. The molecule has 2 N–H and O–H groups in total. The number of aliphatic hydroxyl groups excluding tert-OH is 1. The van der Waals surface area contributed by atoms with Crippen LogP contribution in [0.3, 0.4) is 0 Å². The predicted octanol–water partition coefficient (Wildman–Crippen LogP) is 3.69. The molecule has 3 rings (SSSR count). The van der Waals surface area contributed by atoms with Crippen LogP contribution in [0.15, 0.2) is 72.8 Å². The molecule has 0 saturated carbocycles. The lowest BCUT2D eigenvalue weighted by Gasteiger charge is -2.06. The zero-order chi connectivity index (χ0) is 19.8. The van der Waals surface area contributed by atoms with E-state index in [4.69, 9.17) is 19.7 Å². The summed E-state index contributed by atoms with van der Waals surface area (Å²) in [6.07, 6.45) is 0. The predicted molar refractivity (Wildman–Crippen MR) is 104 cm³/mol. The first-order valence-electron chi connectivity index (χ1n) is 8.55. The van der Waals surface area contributed by atoms with Gasteiger partial charge >= 0.3 is 5.97 Å². The van der Waals surface area contributed by atoms with E-state index in [9.17, 15) is 4.79 Å². The van der Waals surface area contributed by atoms with Crippen molar-refractivity contribution in [3.63, 3.8) is 0 Å². The van der Waals surface area contributed by atoms with Crippen molar-refractivity contribution >= 4 is 5.97 Å². The Morgan fingerprint density at radius 2 is 1.54 bits per heavy atom. The van der Waals surface area contributed by atoms with Gasteiger partial charge in [-0.25, -0.2) is 4.79 Å². The fourth-order valence-electron chi connectivity index (χ4n) is 2.49. The Morgan fingerprint density at radius 1 is 0.857 bits per heavy atom. The summed E-state index contributed by atoms with van der Waals surface area (Å²) in [5, 5.41) is 18.0. The molecule has 0 amide bonds. The summed E-state index contributed by atoms with van der Waals surface area (Å²) in [6.45, 7) is -0.114. The number of carboxylic acid groups (broad SMARTS) is 1. The number of benzene rings is 3. The van der Waals surface area contributed by atoms with Gasteiger partial charge < -0.3 is 19.7 Å². The van der Waals surface area contributed by atoms with Crippen molar-refractivity contribution in [2.24, 2.45) is 0 Å². The van der Waals surface area contributed by atoms with Gasteiger partial charge in [0.25, 0.3) is 0 Å². The van der Waals surface area contributed by atoms with Gasteiger partial charge in [0.1, 0.15) is 23.7 Å². The van der Waals surface area contributed by atoms with Crippen LogP contribution in [0.25, 0.3) is 0 Å². The number of carbonyl (C=O) groups is 1. The second-order valence-corrected chi connectivity index (χ2v) is 5.84. The molecule has 140 valence electrons. The van der Waals surface area contributed by atoms with E-state index in [1.807, 2.05) is 54.6 Å². The molecule has 0 spiro atoms. The Kier molecular flexibility index (Phi) is 6.29. The molecule has 5 nitrogen and oxygen atoms in total. The zero-order valence-electron chi connectivity index (χ0n) is 15.0. The maximum atomic E-state index is 11.2. The topological polar surface area (TPSA) is 76.0 Å². The number of hydrogen-bond donors (Lipinski definition) is 2. The first kappa shape index (κ1) is 19.0. The molecule has 0 aliphatic rings. The molecule has 3 aromatic rings. The number of carboxylic acids is 1. The second-order valence-electron chi connectivity index (χ2n) is 5.84. The minimum atomic E-state index is -1.13. The average Bonchev–Trinajstić information content (AvgIpc) is 2.72. The molecule has 0 radical (unpaired) electrons. The zero-order valence-corrected chi connectivity index (χ0v) is 15.0. The fraction of sp³-hybridized carbons (Fsp3) is 0.0870. The van der Waals surface area contributed by atoms with Crippen molar-refractivity contribution in [2.45, 2.75) is 6.61 Å². The standard InChI is InChI=1S/C23H18O5/c24-16-28-22-14-18(10-13-21(22)23(25)26)7-6-17-8-11-20(12-9-17)27-15-19-4-2-1-3-5-19/h1-5,8-14,24H,15-16H2,(H,25,26). The lowest BCUT2D eigenvalue weighted by Crippen LogP contribution is -2.04. The van der Waals surface area contributed by atoms with E-state index >= 15 is 0 Å². The Bertz CT molecular complexity index is 999. The molecule has 3 aromatic carbocycles. The van der Waals surface area contributed by atoms with Gasteiger partial charge in [-0.1, -0.05) is 42.2 Å². The van der Waals surface area contributed by atoms with Gasteiger partial charge in [-0.15, -0.1) is 0 Å². The van der Waals surface area contributed by atoms with Crippen LogP contribution in [-0.2, 0) is 6.61 Å². The smallest absolute Gasteiger partial charge is 0.339 e. The summed E-state index contributed by atoms with van der Waals surface area (Å²) in [7, 11) is 0. The molecule has 5 heteroatoms. The Morgan fingerprint density at radius 3 is 2.21 bits per heavy atom. The van der Waals surface area contributed by atoms with Crippen LogP contribution in [0.5, 0.6) is 11.5 Å². The number of ether oxygens (including phenoxy) is 2. The largest absolute Gasteiger partial charge is 0.489 e. The summed E-state index contributed by atoms with van der Waals surface area (Å²) in [6, 6.07) is 21.8. The van der Waals surface area contributed by atoms with Crippen molar-refractivity contribution in [3.05, 3.63) is 95.1 Å². The third-order valence-electron chi connectivity index (χ3n) is 3.89. The summed E-state index contributed by atoms with van der Waals surface area (Å²) in [5.41, 5.74) is 2.44. The van der Waals surface area contributed by atoms with Crippen molar-refractivity contribution in [1.29, 1.82) is 0 Å². The van der Waals surface area contributed by atoms with Crippen LogP contribution in [0.2, 0.25) is 0 Å². The van der Waals surface area contributed by atoms with Crippen LogP contribution < -0.4 is 9.47 Å². The van der Waals surface area contributed by atoms with Gasteiger partial charge in [0, 0.05) is 11.1 Å². The molecule has 0 atom stereocenters. The molecule has 0 saturated heterocycles. The van der Waals surface area contributed by atoms with Crippen molar-refractivity contribution < 1.29 is 24.5 Å². The van der Waals surface area contributed by atoms with E-state index in [1.165, 1.54) is 12.1 Å². The average molecular weight is 374 g/mol. The molecule has 0 aliphatic heterocycles. The van der Waals surface area contributed by atoms with Gasteiger partial charge in [-0.2, -0.15) is 0 Å². The highest BCUT2D eigenvalue weighted by Gasteiger charge is 2.11. The molecule has 0 aliphatic carbocycles. The van der Waals surface area contributed by atoms with Gasteiger partial charge in [-0.3, -0.25) is 0 Å². The molecule has 0 fully saturated rings. The van der Waals surface area contributed by atoms with Gasteiger partial charge in [-0.05, 0) is 48.0 Å². The monoisotopic (exact) mass is 374 g/mol. The summed E-state index contributed by atoms with van der Waals surface area (Å²) in [4.78, 5) is 11.2. The van der Waals surface area contributed by atoms with Gasteiger partial charge in [0.05, 0.1) is 0 Å². The van der Waals surface area contributed by atoms with Crippen LogP contribution in [0, 0.1) is 11.8 Å². The van der Waals surface area contributed by atoms with Crippen molar-refractivity contribution in [2.75, 3.05) is 6.79 Å². The normalized spacial score (nSPS) is 9.89. The quantitative estimate of drug-likeness (QED) is 0.508. The Labute approximate surface area is 162 Å². The third kappa shape index (κ3) is 5.13. The van der Waals surface area contributed by atoms with Crippen LogP contribution in [-0.4, -0.2) is 23.0 Å². The van der Waals surface area contributed by atoms with Crippen molar-refractivity contribution in [1.82, 2.24) is 0 Å². The van der Waals surface area contributed by atoms with E-state index in [0.717, 1.165) is 16.9 Å². The lowest BCUT2D eigenvalue weighted by atomic mass is 10.1. The molecular weight excluding hydrogens is 356 g/mol. The molecule has 0 heterocycles. The van der Waals surface area contributed by atoms with E-state index in [0.29, 0.717) is 12.2 Å². The van der Waals surface area contributed by atoms with Crippen LogP contribution in [0.1, 0.15) is 27.0 Å². The summed E-state index contributed by atoms with van der Waals surface area (Å²) >= 11 is 0. The van der Waals surface area contributed by atoms with E-state index < -0.39 is 12.8 Å². The number of aromatic carboxylic acids is 1. The number of hydrogen-bond acceptors (Lipinski definition) is 4. The van der Waals surface area contributed by atoms with Crippen LogP contribution in [0.4, 0.5) is 0 Å². The minimum absolute atomic E-state index is 0.0282. The van der Waals surface area contributed by atoms with Crippen molar-refractivity contribution in [3.8, 4) is 23.3 Å². The molecule has 0 unspecified atom stereocenters. The summed E-state index contributed by atoms with van der Waals surface area (Å²) < 4.78 is 10.7. The molecular formula is C23H18O5. The Balaban J connectivity index is 1.68. The highest BCUT2D eigenvalue weighted by Crippen LogP contribution is 2.20. The maximum Gasteiger partial charge on any atom is 0.339 e. The number of rotatable bonds is 6. The van der Waals surface area contributed by atoms with E-state index in [-0.39, 0.29) is 11.3 Å². The highest BCUT2D eigenvalue weighted by molar-refractivity contribution is 5.91. The lowest BCUT2D eigenvalue weighted by molar-refractivity contribution is 0.0674. The van der Waals surface area contributed by atoms with Crippen LogP contribution >= 0.6 is 0 Å². The fourth-order valence-corrected chi connectivity index (χ4v) is 2.49. The minimum Gasteiger partial charge on any atom is -0.489 e. The first-order chi connectivity index (χ1) is 13.7. The Hall–Kier alpha value is -3.75. The van der Waals surface area contributed by atoms with E-state index in [1.54, 1.807) is 6.07 Å².